The molecule has 5 heteroatoms. The lowest BCUT2D eigenvalue weighted by atomic mass is 9.93. The molecule has 1 aliphatic rings. The van der Waals surface area contributed by atoms with Crippen molar-refractivity contribution in [3.8, 4) is 0 Å². The SMILES string of the molecule is Nc1ccc(C(=O)O)cc1NC1CCCc2sccc21. The third-order valence-electron chi connectivity index (χ3n) is 3.68. The topological polar surface area (TPSA) is 75.4 Å². The number of carboxylic acid groups (broad SMARTS) is 1. The number of nitrogens with one attached hydrogen (secondary N) is 1. The minimum absolute atomic E-state index is 0.219. The van der Waals surface area contributed by atoms with Crippen LogP contribution in [0.25, 0.3) is 0 Å². The number of hydrogen-bond donors (Lipinski definition) is 3. The number of anilines is 2. The van der Waals surface area contributed by atoms with Gasteiger partial charge < -0.3 is 16.2 Å². The molecule has 1 aromatic heterocycles. The van der Waals surface area contributed by atoms with Crippen LogP contribution in [0.1, 0.15) is 39.7 Å². The molecule has 20 heavy (non-hydrogen) atoms. The molecule has 3 rings (SSSR count). The van der Waals surface area contributed by atoms with Crippen LogP contribution in [-0.4, -0.2) is 11.1 Å². The fourth-order valence-electron chi connectivity index (χ4n) is 2.64. The molecule has 0 saturated heterocycles. The zero-order chi connectivity index (χ0) is 14.1. The summed E-state index contributed by atoms with van der Waals surface area (Å²) < 4.78 is 0. The smallest absolute Gasteiger partial charge is 0.335 e. The predicted molar refractivity (Wildman–Crippen MR) is 81.4 cm³/mol. The van der Waals surface area contributed by atoms with E-state index in [9.17, 15) is 4.79 Å². The number of benzene rings is 1. The first-order chi connectivity index (χ1) is 9.65. The summed E-state index contributed by atoms with van der Waals surface area (Å²) >= 11 is 1.79. The van der Waals surface area contributed by atoms with Crippen molar-refractivity contribution in [1.29, 1.82) is 0 Å². The van der Waals surface area contributed by atoms with Gasteiger partial charge in [0.25, 0.3) is 0 Å². The fraction of sp³-hybridized carbons (Fsp3) is 0.267. The number of hydrogen-bond acceptors (Lipinski definition) is 4. The molecule has 2 aromatic rings. The molecule has 4 N–H and O–H groups in total. The third-order valence-corrected chi connectivity index (χ3v) is 4.68. The van der Waals surface area contributed by atoms with E-state index in [2.05, 4.69) is 16.8 Å². The van der Waals surface area contributed by atoms with E-state index in [0.29, 0.717) is 11.4 Å². The van der Waals surface area contributed by atoms with Crippen LogP contribution >= 0.6 is 11.3 Å². The summed E-state index contributed by atoms with van der Waals surface area (Å²) in [6.45, 7) is 0. The van der Waals surface area contributed by atoms with Gasteiger partial charge in [-0.05, 0) is 54.5 Å². The van der Waals surface area contributed by atoms with Crippen molar-refractivity contribution in [3.05, 3.63) is 45.6 Å². The average molecular weight is 288 g/mol. The number of aryl methyl sites for hydroxylation is 1. The maximum absolute atomic E-state index is 11.0. The Morgan fingerprint density at radius 1 is 1.40 bits per heavy atom. The van der Waals surface area contributed by atoms with Gasteiger partial charge in [0.1, 0.15) is 0 Å². The molecule has 1 aliphatic carbocycles. The molecule has 1 unspecified atom stereocenters. The highest BCUT2D eigenvalue weighted by molar-refractivity contribution is 7.10. The lowest BCUT2D eigenvalue weighted by molar-refractivity contribution is 0.0697. The van der Waals surface area contributed by atoms with Crippen molar-refractivity contribution in [2.75, 3.05) is 11.1 Å². The normalized spacial score (nSPS) is 17.5. The lowest BCUT2D eigenvalue weighted by Crippen LogP contribution is -2.16. The highest BCUT2D eigenvalue weighted by Crippen LogP contribution is 2.36. The van der Waals surface area contributed by atoms with E-state index >= 15 is 0 Å². The van der Waals surface area contributed by atoms with Crippen molar-refractivity contribution in [2.45, 2.75) is 25.3 Å². The number of carbonyl (C=O) groups is 1. The van der Waals surface area contributed by atoms with E-state index in [1.165, 1.54) is 16.5 Å². The Hall–Kier alpha value is -2.01. The number of rotatable bonds is 3. The van der Waals surface area contributed by atoms with Crippen molar-refractivity contribution in [1.82, 2.24) is 0 Å². The number of thiophene rings is 1. The second-order valence-corrected chi connectivity index (χ2v) is 6.00. The second kappa shape index (κ2) is 5.17. The van der Waals surface area contributed by atoms with Crippen molar-refractivity contribution < 1.29 is 9.90 Å². The molecule has 4 nitrogen and oxygen atoms in total. The summed E-state index contributed by atoms with van der Waals surface area (Å²) in [5.74, 6) is -0.937. The van der Waals surface area contributed by atoms with E-state index in [1.807, 2.05) is 0 Å². The Balaban J connectivity index is 1.89. The molecular weight excluding hydrogens is 272 g/mol. The molecule has 0 aliphatic heterocycles. The lowest BCUT2D eigenvalue weighted by Gasteiger charge is -2.25. The number of nitrogen functional groups attached to an aromatic ring is 1. The summed E-state index contributed by atoms with van der Waals surface area (Å²) in [5.41, 5.74) is 8.81. The molecule has 0 saturated carbocycles. The fourth-order valence-corrected chi connectivity index (χ4v) is 3.63. The number of nitrogens with two attached hydrogens (primary N) is 1. The molecule has 104 valence electrons. The standard InChI is InChI=1S/C15H16N2O2S/c16-11-5-4-9(15(18)19)8-13(11)17-12-2-1-3-14-10(12)6-7-20-14/h4-8,12,17H,1-3,16H2,(H,18,19). The molecule has 0 spiro atoms. The summed E-state index contributed by atoms with van der Waals surface area (Å²) in [5, 5.41) is 14.6. The van der Waals surface area contributed by atoms with Crippen LogP contribution in [0.15, 0.2) is 29.6 Å². The van der Waals surface area contributed by atoms with Crippen LogP contribution in [0.4, 0.5) is 11.4 Å². The van der Waals surface area contributed by atoms with E-state index in [-0.39, 0.29) is 11.6 Å². The van der Waals surface area contributed by atoms with Crippen LogP contribution in [0, 0.1) is 0 Å². The van der Waals surface area contributed by atoms with Gasteiger partial charge in [-0.25, -0.2) is 4.79 Å². The summed E-state index contributed by atoms with van der Waals surface area (Å²) in [6, 6.07) is 7.14. The molecular formula is C15H16N2O2S. The van der Waals surface area contributed by atoms with Gasteiger partial charge in [-0.1, -0.05) is 0 Å². The van der Waals surface area contributed by atoms with Gasteiger partial charge in [0.05, 0.1) is 23.0 Å². The van der Waals surface area contributed by atoms with Crippen LogP contribution in [0.5, 0.6) is 0 Å². The molecule has 1 aromatic carbocycles. The van der Waals surface area contributed by atoms with Gasteiger partial charge in [0.2, 0.25) is 0 Å². The van der Waals surface area contributed by atoms with Gasteiger partial charge in [-0.2, -0.15) is 0 Å². The van der Waals surface area contributed by atoms with E-state index in [1.54, 1.807) is 23.5 Å². The number of fused-ring (bicyclic) bond motifs is 1. The zero-order valence-electron chi connectivity index (χ0n) is 10.9. The van der Waals surface area contributed by atoms with Gasteiger partial charge >= 0.3 is 5.97 Å². The maximum atomic E-state index is 11.0. The molecule has 0 radical (unpaired) electrons. The Bertz CT molecular complexity index is 651. The summed E-state index contributed by atoms with van der Waals surface area (Å²) in [6.07, 6.45) is 3.32. The minimum atomic E-state index is -0.937. The van der Waals surface area contributed by atoms with Gasteiger partial charge in [0.15, 0.2) is 0 Å². The Kier molecular flexibility index (Phi) is 3.36. The van der Waals surface area contributed by atoms with E-state index < -0.39 is 5.97 Å². The third kappa shape index (κ3) is 2.36. The van der Waals surface area contributed by atoms with Crippen molar-refractivity contribution in [2.24, 2.45) is 0 Å². The minimum Gasteiger partial charge on any atom is -0.478 e. The summed E-state index contributed by atoms with van der Waals surface area (Å²) in [4.78, 5) is 12.5. The zero-order valence-corrected chi connectivity index (χ0v) is 11.7. The molecule has 0 bridgehead atoms. The largest absolute Gasteiger partial charge is 0.478 e. The maximum Gasteiger partial charge on any atom is 0.335 e. The quantitative estimate of drug-likeness (QED) is 0.755. The molecule has 0 amide bonds. The van der Waals surface area contributed by atoms with Crippen LogP contribution in [-0.2, 0) is 6.42 Å². The van der Waals surface area contributed by atoms with Crippen LogP contribution in [0.2, 0.25) is 0 Å². The average Bonchev–Trinajstić information content (AvgIpc) is 2.90. The first kappa shape index (κ1) is 13.0. The number of carboxylic acids is 1. The van der Waals surface area contributed by atoms with E-state index in [4.69, 9.17) is 10.8 Å². The van der Waals surface area contributed by atoms with Gasteiger partial charge in [0, 0.05) is 4.88 Å². The Labute approximate surface area is 121 Å². The highest BCUT2D eigenvalue weighted by Gasteiger charge is 2.21. The van der Waals surface area contributed by atoms with Gasteiger partial charge in [-0.3, -0.25) is 0 Å². The predicted octanol–water partition coefficient (Wildman–Crippen LogP) is 3.52. The Morgan fingerprint density at radius 2 is 2.25 bits per heavy atom. The monoisotopic (exact) mass is 288 g/mol. The highest BCUT2D eigenvalue weighted by atomic mass is 32.1. The van der Waals surface area contributed by atoms with Crippen molar-refractivity contribution in [3.63, 3.8) is 0 Å². The Morgan fingerprint density at radius 3 is 3.05 bits per heavy atom. The second-order valence-electron chi connectivity index (χ2n) is 5.00. The first-order valence-corrected chi connectivity index (χ1v) is 7.49. The van der Waals surface area contributed by atoms with Crippen LogP contribution < -0.4 is 11.1 Å². The van der Waals surface area contributed by atoms with Gasteiger partial charge in [-0.15, -0.1) is 11.3 Å². The summed E-state index contributed by atoms with van der Waals surface area (Å²) in [7, 11) is 0. The van der Waals surface area contributed by atoms with Crippen molar-refractivity contribution >= 4 is 28.7 Å². The van der Waals surface area contributed by atoms with E-state index in [0.717, 1.165) is 19.3 Å². The number of aromatic carboxylic acids is 1. The van der Waals surface area contributed by atoms with Crippen LogP contribution in [0.3, 0.4) is 0 Å². The molecule has 1 heterocycles. The molecule has 0 fully saturated rings. The first-order valence-electron chi connectivity index (χ1n) is 6.61. The molecule has 1 atom stereocenters.